The monoisotopic (exact) mass is 784 g/mol. The Bertz CT molecular complexity index is 1930. The lowest BCUT2D eigenvalue weighted by Gasteiger charge is -2.46. The molecule has 1 aromatic heterocycles. The summed E-state index contributed by atoms with van der Waals surface area (Å²) in [5.41, 5.74) is 1.75. The van der Waals surface area contributed by atoms with Gasteiger partial charge in [0.1, 0.15) is 36.1 Å². The van der Waals surface area contributed by atoms with Crippen LogP contribution in [0.1, 0.15) is 39.2 Å². The second kappa shape index (κ2) is 16.3. The average Bonchev–Trinajstić information content (AvgIpc) is 3.48. The molecule has 2 saturated heterocycles. The Balaban J connectivity index is 0.895. The van der Waals surface area contributed by atoms with Crippen molar-refractivity contribution in [3.05, 3.63) is 107 Å². The van der Waals surface area contributed by atoms with Crippen LogP contribution in [0.3, 0.4) is 0 Å². The van der Waals surface area contributed by atoms with Crippen LogP contribution in [0.25, 0.3) is 20.5 Å². The van der Waals surface area contributed by atoms with E-state index in [9.17, 15) is 4.79 Å². The van der Waals surface area contributed by atoms with E-state index in [1.54, 1.807) is 11.3 Å². The van der Waals surface area contributed by atoms with Crippen LogP contribution < -0.4 is 14.2 Å². The van der Waals surface area contributed by atoms with Crippen LogP contribution in [0.4, 0.5) is 4.79 Å². The molecule has 1 amide bonds. The van der Waals surface area contributed by atoms with Crippen molar-refractivity contribution in [3.63, 3.8) is 0 Å². The van der Waals surface area contributed by atoms with E-state index in [4.69, 9.17) is 23.7 Å². The largest absolute Gasteiger partial charge is 0.491 e. The Kier molecular flexibility index (Phi) is 11.4. The van der Waals surface area contributed by atoms with Crippen molar-refractivity contribution in [1.82, 2.24) is 9.80 Å². The molecule has 4 aromatic carbocycles. The van der Waals surface area contributed by atoms with Gasteiger partial charge in [0.05, 0.1) is 17.6 Å². The molecule has 0 spiro atoms. The van der Waals surface area contributed by atoms with Gasteiger partial charge in [-0.05, 0) is 99.3 Å². The zero-order valence-corrected chi connectivity index (χ0v) is 32.3. The third-order valence-corrected chi connectivity index (χ3v) is 10.9. The fraction of sp³-hybridized carbons (Fsp3) is 0.357. The van der Waals surface area contributed by atoms with Crippen molar-refractivity contribution >= 4 is 43.4 Å². The number of thiophene rings is 1. The number of ether oxygens (including phenoxy) is 5. The van der Waals surface area contributed by atoms with Crippen molar-refractivity contribution in [3.8, 4) is 33.4 Å². The number of piperidine rings is 1. The average molecular weight is 786 g/mol. The first-order valence-corrected chi connectivity index (χ1v) is 19.5. The molecule has 0 saturated carbocycles. The summed E-state index contributed by atoms with van der Waals surface area (Å²) >= 11 is 5.26. The molecular weight excluding hydrogens is 740 g/mol. The van der Waals surface area contributed by atoms with E-state index in [-0.39, 0.29) is 12.2 Å². The highest BCUT2D eigenvalue weighted by molar-refractivity contribution is 9.10. The van der Waals surface area contributed by atoms with Crippen molar-refractivity contribution in [2.75, 3.05) is 39.4 Å². The first-order valence-electron chi connectivity index (χ1n) is 17.9. The van der Waals surface area contributed by atoms with Crippen LogP contribution in [0.2, 0.25) is 0 Å². The van der Waals surface area contributed by atoms with Gasteiger partial charge in [0.15, 0.2) is 5.75 Å². The molecule has 8 nitrogen and oxygen atoms in total. The van der Waals surface area contributed by atoms with E-state index < -0.39 is 5.60 Å². The minimum absolute atomic E-state index is 0.209. The second-order valence-electron chi connectivity index (χ2n) is 14.3. The van der Waals surface area contributed by atoms with E-state index in [0.29, 0.717) is 25.9 Å². The summed E-state index contributed by atoms with van der Waals surface area (Å²) in [7, 11) is 0. The molecule has 3 heterocycles. The Labute approximate surface area is 318 Å². The molecule has 0 N–H and O–H groups in total. The number of rotatable bonds is 12. The van der Waals surface area contributed by atoms with Gasteiger partial charge in [-0.3, -0.25) is 4.90 Å². The van der Waals surface area contributed by atoms with Crippen LogP contribution >= 0.6 is 27.3 Å². The molecule has 10 heteroatoms. The van der Waals surface area contributed by atoms with E-state index in [1.807, 2.05) is 86.3 Å². The molecule has 2 fully saturated rings. The molecule has 0 atom stereocenters. The fourth-order valence-corrected chi connectivity index (χ4v) is 7.91. The molecule has 0 bridgehead atoms. The summed E-state index contributed by atoms with van der Waals surface area (Å²) in [6, 6.07) is 32.9. The fourth-order valence-electron chi connectivity index (χ4n) is 6.49. The molecular formula is C42H45BrN2O6S. The Morgan fingerprint density at radius 1 is 0.827 bits per heavy atom. The van der Waals surface area contributed by atoms with Crippen LogP contribution in [0, 0.1) is 0 Å². The second-order valence-corrected chi connectivity index (χ2v) is 16.2. The standard InChI is InChI=1S/C42H45BrN2O6S/c1-42(2,3)51-41(46)44-21-19-32(20-22-44)45-26-36(27-45)48-24-23-47-33-13-15-34(16-14-33)50-39-37-18-17-35(49-28-29-7-5-4-6-8-29)25-38(37)52-40(39)30-9-11-31(43)12-10-30/h4-18,25,32,36H,19-24,26-28H2,1-3H3. The summed E-state index contributed by atoms with van der Waals surface area (Å²) in [5.74, 6) is 3.15. The molecule has 52 heavy (non-hydrogen) atoms. The van der Waals surface area contributed by atoms with Gasteiger partial charge in [-0.25, -0.2) is 4.79 Å². The predicted molar refractivity (Wildman–Crippen MR) is 210 cm³/mol. The number of carbonyl (C=O) groups excluding carboxylic acids is 1. The number of carbonyl (C=O) groups is 1. The van der Waals surface area contributed by atoms with Gasteiger partial charge in [-0.15, -0.1) is 11.3 Å². The molecule has 0 aliphatic carbocycles. The highest BCUT2D eigenvalue weighted by Crippen LogP contribution is 2.47. The van der Waals surface area contributed by atoms with Crippen LogP contribution in [-0.4, -0.2) is 73.0 Å². The maximum atomic E-state index is 12.4. The van der Waals surface area contributed by atoms with Crippen molar-refractivity contribution in [1.29, 1.82) is 0 Å². The summed E-state index contributed by atoms with van der Waals surface area (Å²) < 4.78 is 32.5. The predicted octanol–water partition coefficient (Wildman–Crippen LogP) is 10.2. The maximum absolute atomic E-state index is 12.4. The van der Waals surface area contributed by atoms with Crippen LogP contribution in [0.15, 0.2) is 102 Å². The summed E-state index contributed by atoms with van der Waals surface area (Å²) in [5, 5.41) is 1.04. The smallest absolute Gasteiger partial charge is 0.410 e. The van der Waals surface area contributed by atoms with Gasteiger partial charge in [0, 0.05) is 46.8 Å². The van der Waals surface area contributed by atoms with E-state index in [2.05, 4.69) is 57.2 Å². The zero-order valence-electron chi connectivity index (χ0n) is 29.9. The van der Waals surface area contributed by atoms with Crippen LogP contribution in [-0.2, 0) is 16.1 Å². The topological polar surface area (TPSA) is 69.7 Å². The minimum Gasteiger partial charge on any atom is -0.491 e. The number of halogens is 1. The van der Waals surface area contributed by atoms with Crippen molar-refractivity contribution in [2.24, 2.45) is 0 Å². The first kappa shape index (κ1) is 36.3. The summed E-state index contributed by atoms with van der Waals surface area (Å²) in [6.07, 6.45) is 1.94. The van der Waals surface area contributed by atoms with Crippen molar-refractivity contribution < 1.29 is 28.5 Å². The van der Waals surface area contributed by atoms with E-state index in [0.717, 1.165) is 92.6 Å². The highest BCUT2D eigenvalue weighted by atomic mass is 79.9. The van der Waals surface area contributed by atoms with Gasteiger partial charge in [-0.2, -0.15) is 0 Å². The van der Waals surface area contributed by atoms with Crippen LogP contribution in [0.5, 0.6) is 23.0 Å². The van der Waals surface area contributed by atoms with Gasteiger partial charge in [-0.1, -0.05) is 58.4 Å². The highest BCUT2D eigenvalue weighted by Gasteiger charge is 2.36. The zero-order chi connectivity index (χ0) is 36.1. The summed E-state index contributed by atoms with van der Waals surface area (Å²) in [4.78, 5) is 17.7. The third-order valence-electron chi connectivity index (χ3n) is 9.23. The Morgan fingerprint density at radius 2 is 1.52 bits per heavy atom. The van der Waals surface area contributed by atoms with Gasteiger partial charge < -0.3 is 28.6 Å². The number of fused-ring (bicyclic) bond motifs is 1. The van der Waals surface area contributed by atoms with Gasteiger partial charge in [0.25, 0.3) is 0 Å². The maximum Gasteiger partial charge on any atom is 0.410 e. The molecule has 5 aromatic rings. The quantitative estimate of drug-likeness (QED) is 0.117. The molecule has 2 aliphatic rings. The lowest BCUT2D eigenvalue weighted by atomic mass is 9.99. The van der Waals surface area contributed by atoms with Crippen molar-refractivity contribution in [2.45, 2.75) is 58.0 Å². The van der Waals surface area contributed by atoms with E-state index >= 15 is 0 Å². The number of amides is 1. The van der Waals surface area contributed by atoms with E-state index in [1.165, 1.54) is 0 Å². The number of nitrogens with zero attached hydrogens (tertiary/aromatic N) is 2. The minimum atomic E-state index is -0.464. The number of benzene rings is 4. The molecule has 7 rings (SSSR count). The lowest BCUT2D eigenvalue weighted by molar-refractivity contribution is -0.0855. The normalized spacial score (nSPS) is 15.7. The number of hydrogen-bond donors (Lipinski definition) is 0. The Hall–Kier alpha value is -4.09. The lowest BCUT2D eigenvalue weighted by Crippen LogP contribution is -2.59. The SMILES string of the molecule is CC(C)(C)OC(=O)N1CCC(N2CC(OCCOc3ccc(Oc4c(-c5ccc(Br)cc5)sc5cc(OCc6ccccc6)ccc45)cc3)C2)CC1. The number of likely N-dealkylation sites (tertiary alicyclic amines) is 2. The molecule has 0 radical (unpaired) electrons. The van der Waals surface area contributed by atoms with Gasteiger partial charge in [0.2, 0.25) is 0 Å². The Morgan fingerprint density at radius 3 is 2.23 bits per heavy atom. The molecule has 0 unspecified atom stereocenters. The molecule has 2 aliphatic heterocycles. The van der Waals surface area contributed by atoms with Gasteiger partial charge >= 0.3 is 6.09 Å². The third kappa shape index (κ3) is 9.28. The summed E-state index contributed by atoms with van der Waals surface area (Å²) in [6.45, 7) is 10.6. The molecule has 272 valence electrons. The first-order chi connectivity index (χ1) is 25.2. The number of hydrogen-bond acceptors (Lipinski definition) is 8.